The molecule has 2 N–H and O–H groups in total. The van der Waals surface area contributed by atoms with E-state index < -0.39 is 0 Å². The van der Waals surface area contributed by atoms with Gasteiger partial charge in [0.2, 0.25) is 5.91 Å². The van der Waals surface area contributed by atoms with Crippen molar-refractivity contribution in [3.8, 4) is 0 Å². The molecule has 6 heteroatoms. The third-order valence-electron chi connectivity index (χ3n) is 4.72. The van der Waals surface area contributed by atoms with Crippen LogP contribution < -0.4 is 15.5 Å². The van der Waals surface area contributed by atoms with E-state index in [1.165, 1.54) is 0 Å². The van der Waals surface area contributed by atoms with Crippen LogP contribution in [0.5, 0.6) is 0 Å². The topological polar surface area (TPSA) is 64.7 Å². The maximum Gasteiger partial charge on any atom is 0.319 e. The van der Waals surface area contributed by atoms with Gasteiger partial charge in [0.25, 0.3) is 0 Å². The zero-order valence-electron chi connectivity index (χ0n) is 15.8. The fourth-order valence-electron chi connectivity index (χ4n) is 3.32. The Kier molecular flexibility index (Phi) is 5.96. The fourth-order valence-corrected chi connectivity index (χ4v) is 3.32. The van der Waals surface area contributed by atoms with Gasteiger partial charge in [-0.3, -0.25) is 4.79 Å². The number of hydrogen-bond donors (Lipinski definition) is 2. The quantitative estimate of drug-likeness (QED) is 0.825. The van der Waals surface area contributed by atoms with Crippen molar-refractivity contribution in [2.24, 2.45) is 0 Å². The van der Waals surface area contributed by atoms with Crippen molar-refractivity contribution in [1.82, 2.24) is 10.2 Å². The van der Waals surface area contributed by atoms with Gasteiger partial charge in [0, 0.05) is 33.6 Å². The first-order valence-corrected chi connectivity index (χ1v) is 9.21. The Bertz CT molecular complexity index is 792. The molecule has 1 aliphatic heterocycles. The SMILES string of the molecule is CN(C)c1ccccc1NC(=O)NC(CN1CCCC1=O)c1ccccc1. The highest BCUT2D eigenvalue weighted by Gasteiger charge is 2.25. The Morgan fingerprint density at radius 2 is 1.81 bits per heavy atom. The number of anilines is 2. The molecule has 0 saturated carbocycles. The van der Waals surface area contributed by atoms with Crippen LogP contribution in [0.3, 0.4) is 0 Å². The molecule has 0 aromatic heterocycles. The van der Waals surface area contributed by atoms with Crippen LogP contribution in [0.25, 0.3) is 0 Å². The zero-order chi connectivity index (χ0) is 19.2. The van der Waals surface area contributed by atoms with Crippen molar-refractivity contribution < 1.29 is 9.59 Å². The summed E-state index contributed by atoms with van der Waals surface area (Å²) in [6.45, 7) is 1.22. The van der Waals surface area contributed by atoms with Crippen molar-refractivity contribution in [2.45, 2.75) is 18.9 Å². The van der Waals surface area contributed by atoms with Crippen molar-refractivity contribution in [3.05, 3.63) is 60.2 Å². The molecule has 3 amide bonds. The number of nitrogens with zero attached hydrogens (tertiary/aromatic N) is 2. The van der Waals surface area contributed by atoms with Gasteiger partial charge in [-0.1, -0.05) is 42.5 Å². The van der Waals surface area contributed by atoms with E-state index in [0.29, 0.717) is 13.0 Å². The van der Waals surface area contributed by atoms with Gasteiger partial charge in [-0.25, -0.2) is 4.79 Å². The van der Waals surface area contributed by atoms with Gasteiger partial charge < -0.3 is 20.4 Å². The van der Waals surface area contributed by atoms with Crippen molar-refractivity contribution in [1.29, 1.82) is 0 Å². The first kappa shape index (κ1) is 18.8. The first-order valence-electron chi connectivity index (χ1n) is 9.21. The van der Waals surface area contributed by atoms with Crippen LogP contribution >= 0.6 is 0 Å². The molecule has 1 aliphatic rings. The molecule has 2 aromatic rings. The lowest BCUT2D eigenvalue weighted by Crippen LogP contribution is -2.40. The second-order valence-electron chi connectivity index (χ2n) is 6.92. The molecular formula is C21H26N4O2. The maximum absolute atomic E-state index is 12.7. The van der Waals surface area contributed by atoms with Crippen LogP contribution in [0.2, 0.25) is 0 Å². The Morgan fingerprint density at radius 1 is 1.11 bits per heavy atom. The normalized spacial score (nSPS) is 14.7. The number of carbonyl (C=O) groups excluding carboxylic acids is 2. The predicted octanol–water partition coefficient (Wildman–Crippen LogP) is 3.24. The average Bonchev–Trinajstić information content (AvgIpc) is 3.07. The summed E-state index contributed by atoms with van der Waals surface area (Å²) in [5.74, 6) is 0.149. The number of likely N-dealkylation sites (tertiary alicyclic amines) is 1. The van der Waals surface area contributed by atoms with Gasteiger partial charge in [0.05, 0.1) is 17.4 Å². The fraction of sp³-hybridized carbons (Fsp3) is 0.333. The van der Waals surface area contributed by atoms with Crippen LogP contribution in [0.1, 0.15) is 24.4 Å². The van der Waals surface area contributed by atoms with Crippen LogP contribution in [0.4, 0.5) is 16.2 Å². The lowest BCUT2D eigenvalue weighted by molar-refractivity contribution is -0.128. The van der Waals surface area contributed by atoms with E-state index in [0.717, 1.165) is 29.9 Å². The van der Waals surface area contributed by atoms with Gasteiger partial charge >= 0.3 is 6.03 Å². The standard InChI is InChI=1S/C21H26N4O2/c1-24(2)19-12-7-6-11-17(19)22-21(27)23-18(16-9-4-3-5-10-16)15-25-14-8-13-20(25)26/h3-7,9-12,18H,8,13-15H2,1-2H3,(H2,22,23,27). The summed E-state index contributed by atoms with van der Waals surface area (Å²) in [6, 6.07) is 16.9. The third-order valence-corrected chi connectivity index (χ3v) is 4.72. The molecule has 6 nitrogen and oxygen atoms in total. The number of benzene rings is 2. The second-order valence-corrected chi connectivity index (χ2v) is 6.92. The number of urea groups is 1. The molecule has 0 aliphatic carbocycles. The van der Waals surface area contributed by atoms with Gasteiger partial charge in [0.1, 0.15) is 0 Å². The Morgan fingerprint density at radius 3 is 2.48 bits per heavy atom. The number of amides is 3. The molecule has 1 atom stereocenters. The second kappa shape index (κ2) is 8.58. The lowest BCUT2D eigenvalue weighted by atomic mass is 10.1. The number of para-hydroxylation sites is 2. The van der Waals surface area contributed by atoms with Crippen LogP contribution in [-0.4, -0.2) is 44.0 Å². The van der Waals surface area contributed by atoms with Crippen LogP contribution in [0, 0.1) is 0 Å². The molecule has 27 heavy (non-hydrogen) atoms. The maximum atomic E-state index is 12.7. The molecule has 2 aromatic carbocycles. The molecule has 0 bridgehead atoms. The summed E-state index contributed by atoms with van der Waals surface area (Å²) >= 11 is 0. The zero-order valence-corrected chi connectivity index (χ0v) is 15.8. The Labute approximate surface area is 160 Å². The van der Waals surface area contributed by atoms with Crippen molar-refractivity contribution in [3.63, 3.8) is 0 Å². The lowest BCUT2D eigenvalue weighted by Gasteiger charge is -2.26. The number of nitrogens with one attached hydrogen (secondary N) is 2. The van der Waals surface area contributed by atoms with E-state index in [2.05, 4.69) is 10.6 Å². The molecule has 142 valence electrons. The summed E-state index contributed by atoms with van der Waals surface area (Å²) in [4.78, 5) is 28.5. The minimum absolute atomic E-state index is 0.149. The summed E-state index contributed by atoms with van der Waals surface area (Å²) in [5.41, 5.74) is 2.65. The average molecular weight is 366 g/mol. The number of carbonyl (C=O) groups is 2. The van der Waals surface area contributed by atoms with Crippen LogP contribution in [-0.2, 0) is 4.79 Å². The third kappa shape index (κ3) is 4.78. The first-order chi connectivity index (χ1) is 13.0. The predicted molar refractivity (Wildman–Crippen MR) is 108 cm³/mol. The van der Waals surface area contributed by atoms with Gasteiger partial charge in [-0.2, -0.15) is 0 Å². The highest BCUT2D eigenvalue weighted by molar-refractivity contribution is 5.93. The van der Waals surface area contributed by atoms with Crippen LogP contribution in [0.15, 0.2) is 54.6 Å². The van der Waals surface area contributed by atoms with Gasteiger partial charge in [0.15, 0.2) is 0 Å². The largest absolute Gasteiger partial charge is 0.376 e. The van der Waals surface area contributed by atoms with E-state index in [9.17, 15) is 9.59 Å². The molecule has 1 saturated heterocycles. The minimum atomic E-state index is -0.287. The summed E-state index contributed by atoms with van der Waals surface area (Å²) < 4.78 is 0. The van der Waals surface area contributed by atoms with Crippen molar-refractivity contribution in [2.75, 3.05) is 37.4 Å². The molecule has 0 spiro atoms. The molecule has 0 radical (unpaired) electrons. The molecule has 1 unspecified atom stereocenters. The van der Waals surface area contributed by atoms with E-state index in [-0.39, 0.29) is 18.0 Å². The highest BCUT2D eigenvalue weighted by atomic mass is 16.2. The minimum Gasteiger partial charge on any atom is -0.376 e. The molecule has 1 fully saturated rings. The molecule has 3 rings (SSSR count). The highest BCUT2D eigenvalue weighted by Crippen LogP contribution is 2.24. The summed E-state index contributed by atoms with van der Waals surface area (Å²) in [6.07, 6.45) is 1.46. The van der Waals surface area contributed by atoms with Gasteiger partial charge in [-0.15, -0.1) is 0 Å². The van der Waals surface area contributed by atoms with E-state index >= 15 is 0 Å². The number of rotatable bonds is 6. The summed E-state index contributed by atoms with van der Waals surface area (Å²) in [5, 5.41) is 5.97. The Balaban J connectivity index is 1.73. The van der Waals surface area contributed by atoms with Gasteiger partial charge in [-0.05, 0) is 24.1 Å². The number of hydrogen-bond acceptors (Lipinski definition) is 3. The monoisotopic (exact) mass is 366 g/mol. The molecule has 1 heterocycles. The van der Waals surface area contributed by atoms with E-state index in [1.807, 2.05) is 78.5 Å². The Hall–Kier alpha value is -3.02. The molecular weight excluding hydrogens is 340 g/mol. The smallest absolute Gasteiger partial charge is 0.319 e. The van der Waals surface area contributed by atoms with Crippen molar-refractivity contribution >= 4 is 23.3 Å². The van der Waals surface area contributed by atoms with E-state index in [4.69, 9.17) is 0 Å². The van der Waals surface area contributed by atoms with E-state index in [1.54, 1.807) is 0 Å². The summed E-state index contributed by atoms with van der Waals surface area (Å²) in [7, 11) is 3.87.